The third kappa shape index (κ3) is 40.7. The van der Waals surface area contributed by atoms with E-state index in [4.69, 9.17) is 24.3 Å². The molecule has 0 bridgehead atoms. The zero-order chi connectivity index (χ0) is 40.3. The Morgan fingerprint density at radius 2 is 1.25 bits per heavy atom. The molecule has 9 nitrogen and oxygen atoms in total. The Kier molecular flexibility index (Phi) is 38.8. The van der Waals surface area contributed by atoms with Gasteiger partial charge in [0.15, 0.2) is 6.10 Å². The molecule has 0 spiro atoms. The van der Waals surface area contributed by atoms with Crippen LogP contribution in [0.3, 0.4) is 0 Å². The topological polar surface area (TPSA) is 138 Å². The number of aliphatic hydroxyl groups excluding tert-OH is 1. The van der Waals surface area contributed by atoms with E-state index in [0.717, 1.165) is 51.4 Å². The predicted octanol–water partition coefficient (Wildman–Crippen LogP) is 11.6. The van der Waals surface area contributed by atoms with Crippen LogP contribution in [0.5, 0.6) is 0 Å². The molecule has 0 rings (SSSR count). The molecule has 0 aliphatic heterocycles. The van der Waals surface area contributed by atoms with Gasteiger partial charge >= 0.3 is 13.8 Å². The maximum absolute atomic E-state index is 12.5. The first-order chi connectivity index (χ1) is 26.8. The van der Waals surface area contributed by atoms with E-state index < -0.39 is 26.0 Å². The van der Waals surface area contributed by atoms with Crippen LogP contribution in [0, 0.1) is 0 Å². The van der Waals surface area contributed by atoms with Gasteiger partial charge in [-0.05, 0) is 83.1 Å². The molecule has 10 heteroatoms. The second-order valence-electron chi connectivity index (χ2n) is 13.4. The summed E-state index contributed by atoms with van der Waals surface area (Å²) in [4.78, 5) is 22.4. The highest BCUT2D eigenvalue weighted by molar-refractivity contribution is 7.47. The Balaban J connectivity index is 4.38. The van der Waals surface area contributed by atoms with Gasteiger partial charge in [0.2, 0.25) is 0 Å². The van der Waals surface area contributed by atoms with Crippen LogP contribution in [0.1, 0.15) is 142 Å². The Hall–Kier alpha value is -2.78. The van der Waals surface area contributed by atoms with Gasteiger partial charge in [-0.1, -0.05) is 144 Å². The lowest BCUT2D eigenvalue weighted by atomic mass is 10.1. The van der Waals surface area contributed by atoms with Gasteiger partial charge in [-0.2, -0.15) is 0 Å². The van der Waals surface area contributed by atoms with Crippen molar-refractivity contribution in [1.82, 2.24) is 0 Å². The maximum atomic E-state index is 12.5. The molecule has 0 aliphatic rings. The van der Waals surface area contributed by atoms with E-state index in [0.29, 0.717) is 12.8 Å². The Morgan fingerprint density at radius 3 is 1.89 bits per heavy atom. The number of allylic oxidation sites excluding steroid dienone is 13. The second-order valence-corrected chi connectivity index (χ2v) is 14.8. The van der Waals surface area contributed by atoms with E-state index in [9.17, 15) is 19.4 Å². The van der Waals surface area contributed by atoms with E-state index in [-0.39, 0.29) is 32.8 Å². The smallest absolute Gasteiger partial charge is 0.472 e. The first-order valence-electron chi connectivity index (χ1n) is 20.9. The van der Waals surface area contributed by atoms with Gasteiger partial charge in [0.1, 0.15) is 6.61 Å². The minimum absolute atomic E-state index is 0.0438. The fraction of sp³-hybridized carbons (Fsp3) is 0.622. The van der Waals surface area contributed by atoms with Crippen molar-refractivity contribution in [2.75, 3.05) is 26.4 Å². The van der Waals surface area contributed by atoms with Crippen molar-refractivity contribution in [3.8, 4) is 0 Å². The van der Waals surface area contributed by atoms with Crippen LogP contribution in [-0.2, 0) is 27.9 Å². The Labute approximate surface area is 334 Å². The summed E-state index contributed by atoms with van der Waals surface area (Å²) in [5, 5.41) is 10.2. The van der Waals surface area contributed by atoms with Crippen molar-refractivity contribution in [1.29, 1.82) is 0 Å². The fourth-order valence-corrected chi connectivity index (χ4v) is 5.83. The van der Waals surface area contributed by atoms with Gasteiger partial charge in [-0.25, -0.2) is 4.57 Å². The number of ether oxygens (including phenoxy) is 2. The first kappa shape index (κ1) is 52.2. The molecule has 0 radical (unpaired) electrons. The number of aliphatic hydroxyl groups is 1. The Bertz CT molecular complexity index is 1170. The number of carbonyl (C=O) groups is 1. The molecule has 0 aromatic rings. The number of carbonyl (C=O) groups excluding carboxylic acids is 1. The average molecular weight is 790 g/mol. The third-order valence-electron chi connectivity index (χ3n) is 8.14. The van der Waals surface area contributed by atoms with Crippen molar-refractivity contribution in [2.24, 2.45) is 5.73 Å². The molecule has 0 heterocycles. The van der Waals surface area contributed by atoms with Crippen LogP contribution >= 0.6 is 7.82 Å². The number of rotatable bonds is 38. The quantitative estimate of drug-likeness (QED) is 0.0139. The van der Waals surface area contributed by atoms with E-state index in [1.807, 2.05) is 36.5 Å². The van der Waals surface area contributed by atoms with Gasteiger partial charge in [0, 0.05) is 13.0 Å². The first-order valence-corrected chi connectivity index (χ1v) is 22.4. The normalized spacial score (nSPS) is 15.0. The summed E-state index contributed by atoms with van der Waals surface area (Å²) < 4.78 is 33.0. The standard InChI is InChI=1S/C45H76NO8P/c1-3-5-7-9-11-13-15-17-18-19-21-23-25-27-29-34-39-51-41-44(42-53-55(49,50)52-40-38-46)54-45(48)37-33-30-32-36-43(47)35-31-28-26-24-22-20-16-14-12-10-8-6-4-2/h6,8,12,14,17-18,20,22,26,28,30-32,34-35,39,43-44,47H,3-5,7,9-11,13,15-16,19,21,23-25,27,29,33,36-38,40-42,46H2,1-2H3,(H,49,50)/b8-6-,14-12-,18-17-,22-20-,28-26-,32-30-,35-31-,39-34+/t43?,44-/m1/s1. The summed E-state index contributed by atoms with van der Waals surface area (Å²) in [6.07, 6.45) is 51.2. The number of nitrogens with two attached hydrogens (primary N) is 1. The minimum atomic E-state index is -4.35. The molecular weight excluding hydrogens is 713 g/mol. The van der Waals surface area contributed by atoms with E-state index in [1.54, 1.807) is 12.3 Å². The molecule has 0 aromatic carbocycles. The van der Waals surface area contributed by atoms with Crippen LogP contribution in [0.2, 0.25) is 0 Å². The van der Waals surface area contributed by atoms with Crippen molar-refractivity contribution < 1.29 is 37.9 Å². The summed E-state index contributed by atoms with van der Waals surface area (Å²) >= 11 is 0. The van der Waals surface area contributed by atoms with Crippen LogP contribution in [0.25, 0.3) is 0 Å². The number of unbranched alkanes of at least 4 members (excludes halogenated alkanes) is 11. The molecule has 0 saturated heterocycles. The van der Waals surface area contributed by atoms with Crippen molar-refractivity contribution in [3.63, 3.8) is 0 Å². The lowest BCUT2D eigenvalue weighted by Crippen LogP contribution is -2.27. The molecule has 4 N–H and O–H groups in total. The van der Waals surface area contributed by atoms with Crippen molar-refractivity contribution in [2.45, 2.75) is 154 Å². The molecule has 0 fully saturated rings. The zero-order valence-corrected chi connectivity index (χ0v) is 35.1. The zero-order valence-electron chi connectivity index (χ0n) is 34.2. The van der Waals surface area contributed by atoms with Crippen LogP contribution in [0.15, 0.2) is 97.4 Å². The summed E-state index contributed by atoms with van der Waals surface area (Å²) in [6, 6.07) is 0. The molecule has 0 amide bonds. The number of hydrogen-bond donors (Lipinski definition) is 3. The van der Waals surface area contributed by atoms with Gasteiger partial charge < -0.3 is 25.2 Å². The Morgan fingerprint density at radius 1 is 0.673 bits per heavy atom. The molecular formula is C45H76NO8P. The van der Waals surface area contributed by atoms with Crippen LogP contribution in [0.4, 0.5) is 0 Å². The average Bonchev–Trinajstić information content (AvgIpc) is 3.17. The maximum Gasteiger partial charge on any atom is 0.472 e. The molecule has 0 saturated carbocycles. The lowest BCUT2D eigenvalue weighted by molar-refractivity contribution is -0.153. The molecule has 0 aliphatic carbocycles. The highest BCUT2D eigenvalue weighted by atomic mass is 31.2. The van der Waals surface area contributed by atoms with Crippen LogP contribution < -0.4 is 5.73 Å². The molecule has 3 atom stereocenters. The van der Waals surface area contributed by atoms with Gasteiger partial charge in [0.25, 0.3) is 0 Å². The highest BCUT2D eigenvalue weighted by Crippen LogP contribution is 2.43. The number of phosphoric acid groups is 1. The molecule has 55 heavy (non-hydrogen) atoms. The van der Waals surface area contributed by atoms with E-state index in [2.05, 4.69) is 62.5 Å². The minimum Gasteiger partial charge on any atom is -0.498 e. The predicted molar refractivity (Wildman–Crippen MR) is 229 cm³/mol. The summed E-state index contributed by atoms with van der Waals surface area (Å²) in [5.74, 6) is -0.501. The van der Waals surface area contributed by atoms with Gasteiger partial charge in [-0.3, -0.25) is 13.8 Å². The monoisotopic (exact) mass is 790 g/mol. The molecule has 314 valence electrons. The number of esters is 1. The number of phosphoric ester groups is 1. The van der Waals surface area contributed by atoms with Crippen molar-refractivity contribution >= 4 is 13.8 Å². The lowest BCUT2D eigenvalue weighted by Gasteiger charge is -2.19. The van der Waals surface area contributed by atoms with Crippen LogP contribution in [-0.4, -0.2) is 54.5 Å². The second kappa shape index (κ2) is 40.9. The van der Waals surface area contributed by atoms with Gasteiger partial charge in [-0.15, -0.1) is 0 Å². The number of hydrogen-bond acceptors (Lipinski definition) is 8. The van der Waals surface area contributed by atoms with Crippen molar-refractivity contribution in [3.05, 3.63) is 97.4 Å². The summed E-state index contributed by atoms with van der Waals surface area (Å²) in [7, 11) is -4.35. The molecule has 0 aromatic heterocycles. The highest BCUT2D eigenvalue weighted by Gasteiger charge is 2.25. The summed E-state index contributed by atoms with van der Waals surface area (Å²) in [5.41, 5.74) is 5.34. The largest absolute Gasteiger partial charge is 0.498 e. The summed E-state index contributed by atoms with van der Waals surface area (Å²) in [6.45, 7) is 3.87. The van der Waals surface area contributed by atoms with E-state index >= 15 is 0 Å². The molecule has 2 unspecified atom stereocenters. The van der Waals surface area contributed by atoms with Gasteiger partial charge in [0.05, 0.1) is 25.6 Å². The fourth-order valence-electron chi connectivity index (χ4n) is 5.07. The van der Waals surface area contributed by atoms with E-state index in [1.165, 1.54) is 57.8 Å². The third-order valence-corrected chi connectivity index (χ3v) is 9.13. The SMILES string of the molecule is CC/C=C\C/C=C\C/C=C\C/C=C\C=C/C(O)C/C=C\CCC(=O)O[C@H](CO/C=C/CCCCCC/C=C\CCCCCCCC)COP(=O)(O)OCCN.